The molecular weight excluding hydrogens is 250 g/mol. The Balaban J connectivity index is 1.98. The molecule has 0 saturated carbocycles. The summed E-state index contributed by atoms with van der Waals surface area (Å²) in [6.07, 6.45) is 3.12. The van der Waals surface area contributed by atoms with Crippen molar-refractivity contribution in [2.45, 2.75) is 6.42 Å². The van der Waals surface area contributed by atoms with Gasteiger partial charge in [0.1, 0.15) is 0 Å². The highest BCUT2D eigenvalue weighted by Gasteiger charge is 2.25. The van der Waals surface area contributed by atoms with Crippen molar-refractivity contribution in [2.75, 3.05) is 6.26 Å². The van der Waals surface area contributed by atoms with E-state index in [0.29, 0.717) is 0 Å². The van der Waals surface area contributed by atoms with Crippen LogP contribution < -0.4 is 0 Å². The average molecular weight is 265 g/mol. The fraction of sp³-hybridized carbons (Fsp3) is 0.118. The molecule has 94 valence electrons. The van der Waals surface area contributed by atoms with Gasteiger partial charge in [0.15, 0.2) is 0 Å². The first-order valence-electron chi connectivity index (χ1n) is 6.34. The zero-order valence-electron chi connectivity index (χ0n) is 10.8. The van der Waals surface area contributed by atoms with Gasteiger partial charge < -0.3 is 0 Å². The van der Waals surface area contributed by atoms with E-state index >= 15 is 0 Å². The van der Waals surface area contributed by atoms with Crippen LogP contribution in [0.2, 0.25) is 0 Å². The molecule has 0 atom stereocenters. The Labute approximate surface area is 118 Å². The van der Waals surface area contributed by atoms with Crippen molar-refractivity contribution in [2.24, 2.45) is 4.99 Å². The summed E-state index contributed by atoms with van der Waals surface area (Å²) in [6.45, 7) is 0. The largest absolute Gasteiger partial charge is 0.252 e. The number of para-hydroxylation sites is 1. The fourth-order valence-electron chi connectivity index (χ4n) is 2.24. The van der Waals surface area contributed by atoms with Crippen molar-refractivity contribution in [1.29, 1.82) is 0 Å². The summed E-state index contributed by atoms with van der Waals surface area (Å²) in [5.74, 6) is 0. The highest BCUT2D eigenvalue weighted by Crippen LogP contribution is 2.40. The molecule has 0 spiro atoms. The van der Waals surface area contributed by atoms with Gasteiger partial charge >= 0.3 is 0 Å². The molecule has 1 aliphatic rings. The SMILES string of the molecule is CSC1=C(c2ccccc2)C(=Nc2ccccc2)C1. The van der Waals surface area contributed by atoms with Crippen LogP contribution in [0.4, 0.5) is 5.69 Å². The lowest BCUT2D eigenvalue weighted by Crippen LogP contribution is -2.15. The smallest absolute Gasteiger partial charge is 0.0633 e. The second-order valence-corrected chi connectivity index (χ2v) is 5.34. The van der Waals surface area contributed by atoms with Gasteiger partial charge in [0, 0.05) is 16.9 Å². The third-order valence-electron chi connectivity index (χ3n) is 3.22. The molecule has 2 aromatic rings. The van der Waals surface area contributed by atoms with E-state index in [1.165, 1.54) is 21.8 Å². The Hall–Kier alpha value is -1.80. The van der Waals surface area contributed by atoms with Gasteiger partial charge in [-0.3, -0.25) is 4.99 Å². The first kappa shape index (κ1) is 12.2. The van der Waals surface area contributed by atoms with Crippen molar-refractivity contribution >= 4 is 28.7 Å². The van der Waals surface area contributed by atoms with Crippen molar-refractivity contribution in [1.82, 2.24) is 0 Å². The molecule has 1 aliphatic carbocycles. The highest BCUT2D eigenvalue weighted by molar-refractivity contribution is 8.02. The Morgan fingerprint density at radius 3 is 2.16 bits per heavy atom. The van der Waals surface area contributed by atoms with E-state index < -0.39 is 0 Å². The van der Waals surface area contributed by atoms with Crippen LogP contribution >= 0.6 is 11.8 Å². The number of aliphatic imine (C=N–C) groups is 1. The molecule has 0 fully saturated rings. The lowest BCUT2D eigenvalue weighted by atomic mass is 9.89. The molecular formula is C17H15NS. The van der Waals surface area contributed by atoms with Crippen molar-refractivity contribution in [3.05, 3.63) is 71.1 Å². The van der Waals surface area contributed by atoms with E-state index in [0.717, 1.165) is 12.1 Å². The van der Waals surface area contributed by atoms with E-state index in [4.69, 9.17) is 4.99 Å². The quantitative estimate of drug-likeness (QED) is 0.766. The highest BCUT2D eigenvalue weighted by atomic mass is 32.2. The number of nitrogens with zero attached hydrogens (tertiary/aromatic N) is 1. The Morgan fingerprint density at radius 2 is 1.53 bits per heavy atom. The van der Waals surface area contributed by atoms with Gasteiger partial charge in [-0.05, 0) is 24.0 Å². The van der Waals surface area contributed by atoms with Crippen LogP contribution in [-0.2, 0) is 0 Å². The Bertz CT molecular complexity index is 627. The molecule has 0 heterocycles. The van der Waals surface area contributed by atoms with E-state index in [1.54, 1.807) is 0 Å². The van der Waals surface area contributed by atoms with Crippen LogP contribution in [0, 0.1) is 0 Å². The minimum Gasteiger partial charge on any atom is -0.252 e. The molecule has 3 rings (SSSR count). The molecule has 0 aliphatic heterocycles. The third-order valence-corrected chi connectivity index (χ3v) is 4.07. The first-order chi connectivity index (χ1) is 9.38. The summed E-state index contributed by atoms with van der Waals surface area (Å²) >= 11 is 1.83. The summed E-state index contributed by atoms with van der Waals surface area (Å²) in [7, 11) is 0. The zero-order valence-corrected chi connectivity index (χ0v) is 11.7. The molecule has 0 saturated heterocycles. The molecule has 0 aromatic heterocycles. The number of allylic oxidation sites excluding steroid dienone is 2. The molecule has 0 radical (unpaired) electrons. The van der Waals surface area contributed by atoms with Gasteiger partial charge in [-0.1, -0.05) is 48.5 Å². The van der Waals surface area contributed by atoms with Crippen molar-refractivity contribution in [3.8, 4) is 0 Å². The Kier molecular flexibility index (Phi) is 3.51. The molecule has 1 nitrogen and oxygen atoms in total. The molecule has 19 heavy (non-hydrogen) atoms. The minimum atomic E-state index is 0.986. The van der Waals surface area contributed by atoms with Gasteiger partial charge in [0.2, 0.25) is 0 Å². The van der Waals surface area contributed by atoms with Crippen LogP contribution in [0.25, 0.3) is 5.57 Å². The predicted molar refractivity (Wildman–Crippen MR) is 85.0 cm³/mol. The maximum absolute atomic E-state index is 4.77. The molecule has 0 N–H and O–H groups in total. The van der Waals surface area contributed by atoms with Gasteiger partial charge in [0.05, 0.1) is 11.4 Å². The first-order valence-corrected chi connectivity index (χ1v) is 7.56. The average Bonchev–Trinajstić information content (AvgIpc) is 2.45. The number of thioether (sulfide) groups is 1. The van der Waals surface area contributed by atoms with Crippen molar-refractivity contribution < 1.29 is 0 Å². The van der Waals surface area contributed by atoms with Gasteiger partial charge in [-0.15, -0.1) is 11.8 Å². The number of rotatable bonds is 3. The molecule has 2 aromatic carbocycles. The lowest BCUT2D eigenvalue weighted by Gasteiger charge is -2.25. The number of hydrogen-bond donors (Lipinski definition) is 0. The normalized spacial score (nSPS) is 16.6. The van der Waals surface area contributed by atoms with Crippen LogP contribution in [-0.4, -0.2) is 12.0 Å². The van der Waals surface area contributed by atoms with Crippen LogP contribution in [0.5, 0.6) is 0 Å². The third kappa shape index (κ3) is 2.49. The minimum absolute atomic E-state index is 0.986. The maximum Gasteiger partial charge on any atom is 0.0633 e. The summed E-state index contributed by atoms with van der Waals surface area (Å²) in [5.41, 5.74) is 4.82. The second-order valence-electron chi connectivity index (χ2n) is 4.44. The lowest BCUT2D eigenvalue weighted by molar-refractivity contribution is 1.33. The van der Waals surface area contributed by atoms with Gasteiger partial charge in [-0.2, -0.15) is 0 Å². The summed E-state index contributed by atoms with van der Waals surface area (Å²) in [4.78, 5) is 6.20. The summed E-state index contributed by atoms with van der Waals surface area (Å²) in [5, 5.41) is 0. The van der Waals surface area contributed by atoms with Gasteiger partial charge in [-0.25, -0.2) is 0 Å². The number of benzene rings is 2. The fourth-order valence-corrected chi connectivity index (χ4v) is 2.96. The summed E-state index contributed by atoms with van der Waals surface area (Å²) in [6, 6.07) is 20.7. The van der Waals surface area contributed by atoms with E-state index in [9.17, 15) is 0 Å². The summed E-state index contributed by atoms with van der Waals surface area (Å²) < 4.78 is 0. The maximum atomic E-state index is 4.77. The molecule has 0 amide bonds. The topological polar surface area (TPSA) is 12.4 Å². The van der Waals surface area contributed by atoms with E-state index in [-0.39, 0.29) is 0 Å². The molecule has 2 heteroatoms. The Morgan fingerprint density at radius 1 is 0.895 bits per heavy atom. The van der Waals surface area contributed by atoms with Crippen LogP contribution in [0.3, 0.4) is 0 Å². The van der Waals surface area contributed by atoms with E-state index in [1.807, 2.05) is 42.1 Å². The predicted octanol–water partition coefficient (Wildman–Crippen LogP) is 4.94. The molecule has 0 bridgehead atoms. The van der Waals surface area contributed by atoms with Crippen LogP contribution in [0.1, 0.15) is 12.0 Å². The van der Waals surface area contributed by atoms with Crippen LogP contribution in [0.15, 0.2) is 70.6 Å². The molecule has 0 unspecified atom stereocenters. The second kappa shape index (κ2) is 5.45. The number of hydrogen-bond acceptors (Lipinski definition) is 2. The standard InChI is InChI=1S/C17H15NS/c1-19-16-12-15(18-14-10-6-3-7-11-14)17(16)13-8-4-2-5-9-13/h2-11H,12H2,1H3. The van der Waals surface area contributed by atoms with Gasteiger partial charge in [0.25, 0.3) is 0 Å². The zero-order chi connectivity index (χ0) is 13.1. The van der Waals surface area contributed by atoms with E-state index in [2.05, 4.69) is 36.6 Å². The monoisotopic (exact) mass is 265 g/mol. The van der Waals surface area contributed by atoms with Crippen molar-refractivity contribution in [3.63, 3.8) is 0 Å².